The van der Waals surface area contributed by atoms with E-state index in [4.69, 9.17) is 4.42 Å². The SMILES string of the molecule is c1ccc(-c2ccc(N(c3ccc4c(c3)oc3ccccc34)c3ccccc3-c3ccccc3-c3cc(-c4ccccc4)ccc3-c3ccccc3)cc2)cc1. The second kappa shape index (κ2) is 14.4. The van der Waals surface area contributed by atoms with Crippen LogP contribution in [0.5, 0.6) is 0 Å². The summed E-state index contributed by atoms with van der Waals surface area (Å²) < 4.78 is 6.46. The van der Waals surface area contributed by atoms with Crippen LogP contribution in [0.4, 0.5) is 17.1 Å². The second-order valence-corrected chi connectivity index (χ2v) is 14.1. The van der Waals surface area contributed by atoms with E-state index in [-0.39, 0.29) is 0 Å². The van der Waals surface area contributed by atoms with Gasteiger partial charge in [0.1, 0.15) is 11.2 Å². The lowest BCUT2D eigenvalue weighted by molar-refractivity contribution is 0.669. The minimum absolute atomic E-state index is 0.859. The average molecular weight is 716 g/mol. The van der Waals surface area contributed by atoms with Gasteiger partial charge in [-0.2, -0.15) is 0 Å². The van der Waals surface area contributed by atoms with E-state index in [0.717, 1.165) is 50.1 Å². The number of hydrogen-bond acceptors (Lipinski definition) is 2. The molecule has 0 fully saturated rings. The van der Waals surface area contributed by atoms with Gasteiger partial charge in [-0.3, -0.25) is 0 Å². The van der Waals surface area contributed by atoms with Gasteiger partial charge in [-0.15, -0.1) is 0 Å². The zero-order chi connectivity index (χ0) is 37.3. The number of nitrogens with zero attached hydrogens (tertiary/aromatic N) is 1. The summed E-state index contributed by atoms with van der Waals surface area (Å²) in [6.45, 7) is 0. The molecule has 0 bridgehead atoms. The lowest BCUT2D eigenvalue weighted by Crippen LogP contribution is -2.11. The molecule has 0 spiro atoms. The fourth-order valence-electron chi connectivity index (χ4n) is 8.01. The lowest BCUT2D eigenvalue weighted by atomic mass is 9.87. The fraction of sp³-hybridized carbons (Fsp3) is 0. The van der Waals surface area contributed by atoms with Crippen molar-refractivity contribution >= 4 is 39.0 Å². The summed E-state index contributed by atoms with van der Waals surface area (Å²) in [4.78, 5) is 2.37. The molecule has 0 aliphatic heterocycles. The van der Waals surface area contributed by atoms with Gasteiger partial charge in [0.15, 0.2) is 0 Å². The van der Waals surface area contributed by atoms with Crippen LogP contribution >= 0.6 is 0 Å². The molecule has 0 aliphatic rings. The molecule has 0 N–H and O–H groups in total. The maximum Gasteiger partial charge on any atom is 0.137 e. The standard InChI is InChI=1S/C54H37NO/c1-4-16-38(17-5-1)40-28-31-43(32-29-40)55(44-33-35-50-49-25-13-15-27-53(49)56-54(50)37-44)52-26-14-12-24-48(52)46-22-10-11-23-47(46)51-36-42(39-18-6-2-7-19-39)30-34-45(51)41-20-8-3-9-21-41/h1-37H. The molecule has 0 saturated carbocycles. The molecule has 10 rings (SSSR count). The van der Waals surface area contributed by atoms with Crippen molar-refractivity contribution < 1.29 is 4.42 Å². The highest BCUT2D eigenvalue weighted by Crippen LogP contribution is 2.47. The van der Waals surface area contributed by atoms with Crippen LogP contribution < -0.4 is 4.90 Å². The largest absolute Gasteiger partial charge is 0.456 e. The lowest BCUT2D eigenvalue weighted by Gasteiger charge is -2.28. The molecule has 9 aromatic carbocycles. The number of fused-ring (bicyclic) bond motifs is 3. The van der Waals surface area contributed by atoms with Gasteiger partial charge in [-0.1, -0.05) is 176 Å². The summed E-state index contributed by atoms with van der Waals surface area (Å²) in [6, 6.07) is 80.1. The molecule has 1 heterocycles. The minimum atomic E-state index is 0.859. The van der Waals surface area contributed by atoms with Gasteiger partial charge in [0.05, 0.1) is 5.69 Å². The van der Waals surface area contributed by atoms with Gasteiger partial charge in [0.25, 0.3) is 0 Å². The zero-order valence-corrected chi connectivity index (χ0v) is 30.7. The summed E-state index contributed by atoms with van der Waals surface area (Å²) in [7, 11) is 0. The summed E-state index contributed by atoms with van der Waals surface area (Å²) >= 11 is 0. The van der Waals surface area contributed by atoms with Gasteiger partial charge >= 0.3 is 0 Å². The van der Waals surface area contributed by atoms with Crippen molar-refractivity contribution in [2.75, 3.05) is 4.90 Å². The summed E-state index contributed by atoms with van der Waals surface area (Å²) in [6.07, 6.45) is 0. The molecular formula is C54H37NO. The van der Waals surface area contributed by atoms with Crippen molar-refractivity contribution in [3.8, 4) is 55.6 Å². The van der Waals surface area contributed by atoms with Crippen molar-refractivity contribution in [2.45, 2.75) is 0 Å². The first-order valence-electron chi connectivity index (χ1n) is 19.1. The Morgan fingerprint density at radius 1 is 0.268 bits per heavy atom. The van der Waals surface area contributed by atoms with E-state index >= 15 is 0 Å². The smallest absolute Gasteiger partial charge is 0.137 e. The van der Waals surface area contributed by atoms with Crippen LogP contribution in [0.3, 0.4) is 0 Å². The third kappa shape index (κ3) is 6.14. The van der Waals surface area contributed by atoms with Crippen molar-refractivity contribution in [3.05, 3.63) is 224 Å². The van der Waals surface area contributed by atoms with Crippen LogP contribution in [0.15, 0.2) is 229 Å². The number of furan rings is 1. The third-order valence-corrected chi connectivity index (χ3v) is 10.7. The maximum absolute atomic E-state index is 6.46. The van der Waals surface area contributed by atoms with E-state index in [1.54, 1.807) is 0 Å². The van der Waals surface area contributed by atoms with Crippen LogP contribution in [-0.4, -0.2) is 0 Å². The van der Waals surface area contributed by atoms with Crippen molar-refractivity contribution in [1.82, 2.24) is 0 Å². The predicted molar refractivity (Wildman–Crippen MR) is 236 cm³/mol. The van der Waals surface area contributed by atoms with Gasteiger partial charge in [-0.05, 0) is 92.5 Å². The van der Waals surface area contributed by atoms with E-state index in [1.165, 1.54) is 44.5 Å². The van der Waals surface area contributed by atoms with E-state index < -0.39 is 0 Å². The summed E-state index contributed by atoms with van der Waals surface area (Å²) in [5, 5.41) is 2.23. The number of hydrogen-bond donors (Lipinski definition) is 0. The molecule has 0 saturated heterocycles. The van der Waals surface area contributed by atoms with Gasteiger partial charge < -0.3 is 9.32 Å². The Morgan fingerprint density at radius 2 is 0.768 bits per heavy atom. The van der Waals surface area contributed by atoms with Crippen LogP contribution in [-0.2, 0) is 0 Å². The third-order valence-electron chi connectivity index (χ3n) is 10.7. The van der Waals surface area contributed by atoms with Crippen LogP contribution in [0.1, 0.15) is 0 Å². The van der Waals surface area contributed by atoms with E-state index in [9.17, 15) is 0 Å². The first-order chi connectivity index (χ1) is 27.8. The second-order valence-electron chi connectivity index (χ2n) is 14.1. The van der Waals surface area contributed by atoms with Gasteiger partial charge in [-0.25, -0.2) is 0 Å². The van der Waals surface area contributed by atoms with E-state index in [1.807, 2.05) is 12.1 Å². The van der Waals surface area contributed by atoms with Crippen LogP contribution in [0.2, 0.25) is 0 Å². The Kier molecular flexibility index (Phi) is 8.55. The highest BCUT2D eigenvalue weighted by atomic mass is 16.3. The monoisotopic (exact) mass is 715 g/mol. The normalized spacial score (nSPS) is 11.2. The van der Waals surface area contributed by atoms with Crippen molar-refractivity contribution in [3.63, 3.8) is 0 Å². The number of benzene rings is 9. The number of para-hydroxylation sites is 2. The molecule has 10 aromatic rings. The van der Waals surface area contributed by atoms with Gasteiger partial charge in [0.2, 0.25) is 0 Å². The number of anilines is 3. The summed E-state index contributed by atoms with van der Waals surface area (Å²) in [5.41, 5.74) is 16.7. The summed E-state index contributed by atoms with van der Waals surface area (Å²) in [5.74, 6) is 0. The molecular weight excluding hydrogens is 679 g/mol. The fourth-order valence-corrected chi connectivity index (χ4v) is 8.01. The van der Waals surface area contributed by atoms with E-state index in [0.29, 0.717) is 0 Å². The Balaban J connectivity index is 1.18. The molecule has 0 aliphatic carbocycles. The molecule has 0 atom stereocenters. The molecule has 0 unspecified atom stereocenters. The molecule has 1 aromatic heterocycles. The molecule has 0 amide bonds. The maximum atomic E-state index is 6.46. The quantitative estimate of drug-likeness (QED) is 0.156. The highest BCUT2D eigenvalue weighted by molar-refractivity contribution is 6.06. The molecule has 2 nitrogen and oxygen atoms in total. The predicted octanol–water partition coefficient (Wildman–Crippen LogP) is 15.4. The average Bonchev–Trinajstić information content (AvgIpc) is 3.66. The highest BCUT2D eigenvalue weighted by Gasteiger charge is 2.22. The topological polar surface area (TPSA) is 16.4 Å². The van der Waals surface area contributed by atoms with E-state index in [2.05, 4.69) is 217 Å². The first kappa shape index (κ1) is 33.2. The Hall–Kier alpha value is -7.42. The molecule has 264 valence electrons. The van der Waals surface area contributed by atoms with Crippen LogP contribution in [0.25, 0.3) is 77.6 Å². The van der Waals surface area contributed by atoms with Crippen LogP contribution in [0, 0.1) is 0 Å². The Bertz CT molecular complexity index is 2950. The zero-order valence-electron chi connectivity index (χ0n) is 30.7. The number of rotatable bonds is 8. The van der Waals surface area contributed by atoms with Crippen molar-refractivity contribution in [2.24, 2.45) is 0 Å². The first-order valence-corrected chi connectivity index (χ1v) is 19.1. The molecule has 2 heteroatoms. The minimum Gasteiger partial charge on any atom is -0.456 e. The van der Waals surface area contributed by atoms with Gasteiger partial charge in [0, 0.05) is 33.8 Å². The Morgan fingerprint density at radius 3 is 1.48 bits per heavy atom. The van der Waals surface area contributed by atoms with Crippen molar-refractivity contribution in [1.29, 1.82) is 0 Å². The Labute approximate surface area is 327 Å². The molecule has 0 radical (unpaired) electrons. The molecule has 56 heavy (non-hydrogen) atoms.